The molecule has 9 nitrogen and oxygen atoms in total. The Hall–Kier alpha value is -3.67. The van der Waals surface area contributed by atoms with Crippen LogP contribution in [0.25, 0.3) is 11.3 Å². The Bertz CT molecular complexity index is 1220. The van der Waals surface area contributed by atoms with Crippen LogP contribution in [-0.2, 0) is 24.8 Å². The number of rotatable bonds is 4. The molecule has 0 atom stereocenters. The number of halogens is 3. The third-order valence-corrected chi connectivity index (χ3v) is 5.59. The number of fused-ring (bicyclic) bond motifs is 1. The lowest BCUT2D eigenvalue weighted by Crippen LogP contribution is -2.36. The van der Waals surface area contributed by atoms with Crippen molar-refractivity contribution in [2.24, 2.45) is 7.05 Å². The first kappa shape index (κ1) is 25.9. The number of nitrogens with one attached hydrogen (secondary N) is 1. The standard InChI is InChI=1S/C21H25N5O2.C2HF3O2/c1-13(2)26-10-9-18-16(12-26)20(24-28-18)21(27)22-19-11-17(23-25(19)4)15-8-6-5-7-14(15)3;3-2(4,5)1(6)7/h5-8,11,13H,9-10,12H2,1-4H3,(H,22,27);(H,6,7). The second-order valence-corrected chi connectivity index (χ2v) is 8.36. The van der Waals surface area contributed by atoms with Gasteiger partial charge in [0.15, 0.2) is 5.69 Å². The lowest BCUT2D eigenvalue weighted by Gasteiger charge is -2.29. The van der Waals surface area contributed by atoms with E-state index < -0.39 is 12.1 Å². The third kappa shape index (κ3) is 6.07. The largest absolute Gasteiger partial charge is 0.490 e. The van der Waals surface area contributed by atoms with Crippen molar-refractivity contribution >= 4 is 17.7 Å². The summed E-state index contributed by atoms with van der Waals surface area (Å²) in [5, 5.41) is 18.7. The molecule has 0 saturated carbocycles. The number of hydrogen-bond donors (Lipinski definition) is 2. The maximum atomic E-state index is 12.9. The van der Waals surface area contributed by atoms with Crippen molar-refractivity contribution in [2.45, 2.75) is 46.0 Å². The number of nitrogens with zero attached hydrogens (tertiary/aromatic N) is 4. The lowest BCUT2D eigenvalue weighted by atomic mass is 10.0. The van der Waals surface area contributed by atoms with E-state index in [9.17, 15) is 18.0 Å². The van der Waals surface area contributed by atoms with Gasteiger partial charge in [0.25, 0.3) is 5.91 Å². The molecule has 1 amide bonds. The third-order valence-electron chi connectivity index (χ3n) is 5.59. The number of aromatic nitrogens is 3. The van der Waals surface area contributed by atoms with Crippen LogP contribution in [0.1, 0.15) is 41.2 Å². The Morgan fingerprint density at radius 3 is 2.49 bits per heavy atom. The Kier molecular flexibility index (Phi) is 7.64. The van der Waals surface area contributed by atoms with Crippen molar-refractivity contribution in [3.8, 4) is 11.3 Å². The van der Waals surface area contributed by atoms with Crippen LogP contribution in [0.2, 0.25) is 0 Å². The van der Waals surface area contributed by atoms with Gasteiger partial charge in [-0.2, -0.15) is 18.3 Å². The maximum absolute atomic E-state index is 12.9. The van der Waals surface area contributed by atoms with Gasteiger partial charge in [-0.25, -0.2) is 4.79 Å². The molecule has 3 aromatic rings. The van der Waals surface area contributed by atoms with Gasteiger partial charge >= 0.3 is 12.1 Å². The molecule has 188 valence electrons. The number of aliphatic carboxylic acids is 1. The molecule has 0 radical (unpaired) electrons. The molecular weight excluding hydrogens is 467 g/mol. The minimum Gasteiger partial charge on any atom is -0.475 e. The number of carbonyl (C=O) groups excluding carboxylic acids is 1. The summed E-state index contributed by atoms with van der Waals surface area (Å²) in [6, 6.07) is 10.3. The summed E-state index contributed by atoms with van der Waals surface area (Å²) in [5.74, 6) is -1.59. The number of benzene rings is 1. The number of carboxylic acids is 1. The average molecular weight is 493 g/mol. The van der Waals surface area contributed by atoms with Crippen LogP contribution in [0.15, 0.2) is 34.9 Å². The number of amides is 1. The number of carboxylic acid groups (broad SMARTS) is 1. The highest BCUT2D eigenvalue weighted by Crippen LogP contribution is 2.27. The van der Waals surface area contributed by atoms with Crippen LogP contribution in [0.4, 0.5) is 19.0 Å². The van der Waals surface area contributed by atoms with E-state index in [1.54, 1.807) is 4.68 Å². The van der Waals surface area contributed by atoms with E-state index in [4.69, 9.17) is 14.4 Å². The summed E-state index contributed by atoms with van der Waals surface area (Å²) in [6.07, 6.45) is -4.31. The van der Waals surface area contributed by atoms with Crippen LogP contribution in [-0.4, -0.2) is 55.6 Å². The zero-order valence-electron chi connectivity index (χ0n) is 19.7. The van der Waals surface area contributed by atoms with Gasteiger partial charge < -0.3 is 14.9 Å². The van der Waals surface area contributed by atoms with Crippen LogP contribution < -0.4 is 5.32 Å². The van der Waals surface area contributed by atoms with E-state index in [1.807, 2.05) is 44.3 Å². The van der Waals surface area contributed by atoms with E-state index in [-0.39, 0.29) is 5.91 Å². The van der Waals surface area contributed by atoms with Crippen LogP contribution in [0.5, 0.6) is 0 Å². The van der Waals surface area contributed by atoms with E-state index in [0.717, 1.165) is 41.1 Å². The molecule has 4 rings (SSSR count). The molecule has 0 unspecified atom stereocenters. The van der Waals surface area contributed by atoms with E-state index in [2.05, 4.69) is 34.3 Å². The molecule has 0 fully saturated rings. The first-order chi connectivity index (χ1) is 16.4. The van der Waals surface area contributed by atoms with Gasteiger partial charge in [0, 0.05) is 49.8 Å². The maximum Gasteiger partial charge on any atom is 0.490 e. The second kappa shape index (κ2) is 10.3. The molecule has 0 aliphatic carbocycles. The molecule has 2 N–H and O–H groups in total. The van der Waals surface area contributed by atoms with Gasteiger partial charge in [-0.05, 0) is 26.3 Å². The monoisotopic (exact) mass is 493 g/mol. The van der Waals surface area contributed by atoms with Crippen LogP contribution >= 0.6 is 0 Å². The molecule has 1 aromatic carbocycles. The number of anilines is 1. The van der Waals surface area contributed by atoms with Crippen molar-refractivity contribution in [3.05, 3.63) is 52.9 Å². The predicted octanol–water partition coefficient (Wildman–Crippen LogP) is 4.04. The van der Waals surface area contributed by atoms with Gasteiger partial charge in [-0.1, -0.05) is 29.4 Å². The van der Waals surface area contributed by atoms with Gasteiger partial charge in [-0.15, -0.1) is 0 Å². The minimum atomic E-state index is -5.08. The van der Waals surface area contributed by atoms with E-state index in [0.29, 0.717) is 24.1 Å². The van der Waals surface area contributed by atoms with Crippen molar-refractivity contribution < 1.29 is 32.4 Å². The van der Waals surface area contributed by atoms with Crippen LogP contribution in [0, 0.1) is 6.92 Å². The highest BCUT2D eigenvalue weighted by Gasteiger charge is 2.38. The van der Waals surface area contributed by atoms with E-state index >= 15 is 0 Å². The minimum absolute atomic E-state index is 0.269. The number of alkyl halides is 3. The second-order valence-electron chi connectivity index (χ2n) is 8.36. The van der Waals surface area contributed by atoms with Crippen molar-refractivity contribution in [1.29, 1.82) is 0 Å². The summed E-state index contributed by atoms with van der Waals surface area (Å²) in [4.78, 5) is 24.1. The van der Waals surface area contributed by atoms with Crippen molar-refractivity contribution in [1.82, 2.24) is 19.8 Å². The Labute approximate surface area is 199 Å². The molecule has 12 heteroatoms. The zero-order chi connectivity index (χ0) is 25.9. The number of hydrogen-bond acceptors (Lipinski definition) is 6. The molecule has 1 aliphatic heterocycles. The summed E-state index contributed by atoms with van der Waals surface area (Å²) in [5.41, 5.74) is 4.25. The Morgan fingerprint density at radius 2 is 1.89 bits per heavy atom. The van der Waals surface area contributed by atoms with Crippen molar-refractivity contribution in [2.75, 3.05) is 11.9 Å². The fourth-order valence-electron chi connectivity index (χ4n) is 3.60. The molecule has 1 aliphatic rings. The topological polar surface area (TPSA) is 113 Å². The Balaban J connectivity index is 0.000000429. The zero-order valence-corrected chi connectivity index (χ0v) is 19.7. The first-order valence-electron chi connectivity index (χ1n) is 10.8. The highest BCUT2D eigenvalue weighted by molar-refractivity contribution is 6.03. The fourth-order valence-corrected chi connectivity index (χ4v) is 3.60. The smallest absolute Gasteiger partial charge is 0.475 e. The predicted molar refractivity (Wildman–Crippen MR) is 121 cm³/mol. The molecule has 0 saturated heterocycles. The first-order valence-corrected chi connectivity index (χ1v) is 10.8. The molecule has 3 heterocycles. The highest BCUT2D eigenvalue weighted by atomic mass is 19.4. The summed E-state index contributed by atoms with van der Waals surface area (Å²) >= 11 is 0. The SMILES string of the molecule is Cc1ccccc1-c1cc(NC(=O)c2noc3c2CN(C(C)C)CC3)n(C)n1.O=C(O)C(F)(F)F. The normalized spacial score (nSPS) is 13.7. The van der Waals surface area contributed by atoms with Crippen LogP contribution in [0.3, 0.4) is 0 Å². The molecule has 2 aromatic heterocycles. The van der Waals surface area contributed by atoms with Gasteiger partial charge in [0.1, 0.15) is 11.6 Å². The van der Waals surface area contributed by atoms with E-state index in [1.165, 1.54) is 0 Å². The summed E-state index contributed by atoms with van der Waals surface area (Å²) in [7, 11) is 1.82. The summed E-state index contributed by atoms with van der Waals surface area (Å²) < 4.78 is 38.8. The fraction of sp³-hybridized carbons (Fsp3) is 0.391. The average Bonchev–Trinajstić information content (AvgIpc) is 3.36. The summed E-state index contributed by atoms with van der Waals surface area (Å²) in [6.45, 7) is 7.95. The Morgan fingerprint density at radius 1 is 1.23 bits per heavy atom. The molecule has 35 heavy (non-hydrogen) atoms. The molecular formula is C23H26F3N5O4. The molecule has 0 bridgehead atoms. The van der Waals surface area contributed by atoms with Crippen molar-refractivity contribution in [3.63, 3.8) is 0 Å². The van der Waals surface area contributed by atoms with Gasteiger partial charge in [0.2, 0.25) is 0 Å². The van der Waals surface area contributed by atoms with Gasteiger partial charge in [-0.3, -0.25) is 14.4 Å². The molecule has 0 spiro atoms. The number of carbonyl (C=O) groups is 2. The quantitative estimate of drug-likeness (QED) is 0.564. The number of aryl methyl sites for hydroxylation is 2. The van der Waals surface area contributed by atoms with Gasteiger partial charge in [0.05, 0.1) is 5.69 Å². The lowest BCUT2D eigenvalue weighted by molar-refractivity contribution is -0.192.